The van der Waals surface area contributed by atoms with Crippen LogP contribution in [0.1, 0.15) is 32.8 Å². The average Bonchev–Trinajstić information content (AvgIpc) is 2.27. The molecular formula is C13H20O2. The second kappa shape index (κ2) is 4.56. The van der Waals surface area contributed by atoms with Gasteiger partial charge in [0.25, 0.3) is 0 Å². The van der Waals surface area contributed by atoms with E-state index in [2.05, 4.69) is 26.8 Å². The molecule has 0 unspecified atom stereocenters. The van der Waals surface area contributed by atoms with Crippen molar-refractivity contribution >= 4 is 0 Å². The van der Waals surface area contributed by atoms with E-state index in [1.165, 1.54) is 5.56 Å². The highest BCUT2D eigenvalue weighted by Crippen LogP contribution is 2.39. The molecule has 0 amide bonds. The van der Waals surface area contributed by atoms with Crippen LogP contribution in [0.15, 0.2) is 18.2 Å². The van der Waals surface area contributed by atoms with Crippen molar-refractivity contribution in [3.05, 3.63) is 23.8 Å². The minimum absolute atomic E-state index is 0.111. The number of benzene rings is 1. The maximum Gasteiger partial charge on any atom is 0.164 e. The molecular weight excluding hydrogens is 188 g/mol. The summed E-state index contributed by atoms with van der Waals surface area (Å²) in [6.45, 7) is 6.60. The summed E-state index contributed by atoms with van der Waals surface area (Å²) in [5.74, 6) is 1.66. The zero-order chi connectivity index (χ0) is 11.5. The Kier molecular flexibility index (Phi) is 3.61. The molecule has 0 atom stereocenters. The van der Waals surface area contributed by atoms with Gasteiger partial charge in [-0.3, -0.25) is 0 Å². The van der Waals surface area contributed by atoms with E-state index in [9.17, 15) is 0 Å². The highest BCUT2D eigenvalue weighted by Gasteiger charge is 2.24. The molecule has 1 aromatic carbocycles. The third-order valence-corrected chi connectivity index (χ3v) is 3.02. The minimum atomic E-state index is 0.111. The van der Waals surface area contributed by atoms with Crippen LogP contribution in [0.3, 0.4) is 0 Å². The van der Waals surface area contributed by atoms with Gasteiger partial charge in [0, 0.05) is 5.56 Å². The van der Waals surface area contributed by atoms with Crippen LogP contribution in [0.25, 0.3) is 0 Å². The van der Waals surface area contributed by atoms with Gasteiger partial charge in [-0.15, -0.1) is 0 Å². The molecule has 15 heavy (non-hydrogen) atoms. The first kappa shape index (κ1) is 11.9. The van der Waals surface area contributed by atoms with E-state index in [-0.39, 0.29) is 5.41 Å². The molecule has 84 valence electrons. The predicted octanol–water partition coefficient (Wildman–Crippen LogP) is 3.39. The molecule has 0 aliphatic heterocycles. The first-order chi connectivity index (χ1) is 7.06. The molecule has 0 fully saturated rings. The number of ether oxygens (including phenoxy) is 2. The standard InChI is InChI=1S/C13H20O2/c1-6-13(2,3)10-8-7-9-11(14-4)12(10)15-5/h7-9H,6H2,1-5H3. The van der Waals surface area contributed by atoms with Crippen molar-refractivity contribution in [3.8, 4) is 11.5 Å². The lowest BCUT2D eigenvalue weighted by atomic mass is 9.81. The molecule has 0 saturated heterocycles. The Morgan fingerprint density at radius 3 is 2.27 bits per heavy atom. The Morgan fingerprint density at radius 1 is 1.13 bits per heavy atom. The summed E-state index contributed by atoms with van der Waals surface area (Å²) in [6, 6.07) is 6.03. The van der Waals surface area contributed by atoms with Crippen molar-refractivity contribution in [3.63, 3.8) is 0 Å². The number of para-hydroxylation sites is 1. The smallest absolute Gasteiger partial charge is 0.164 e. The maximum atomic E-state index is 5.43. The third kappa shape index (κ3) is 2.25. The number of methoxy groups -OCH3 is 2. The summed E-state index contributed by atoms with van der Waals surface area (Å²) in [7, 11) is 3.35. The van der Waals surface area contributed by atoms with Gasteiger partial charge in [0.1, 0.15) is 0 Å². The molecule has 0 heterocycles. The first-order valence-electron chi connectivity index (χ1n) is 5.28. The molecule has 1 rings (SSSR count). The van der Waals surface area contributed by atoms with Gasteiger partial charge < -0.3 is 9.47 Å². The van der Waals surface area contributed by atoms with Crippen molar-refractivity contribution in [2.45, 2.75) is 32.6 Å². The minimum Gasteiger partial charge on any atom is -0.493 e. The summed E-state index contributed by atoms with van der Waals surface area (Å²) >= 11 is 0. The molecule has 0 bridgehead atoms. The lowest BCUT2D eigenvalue weighted by Gasteiger charge is -2.26. The molecule has 0 spiro atoms. The molecule has 0 N–H and O–H groups in total. The summed E-state index contributed by atoms with van der Waals surface area (Å²) in [5, 5.41) is 0. The van der Waals surface area contributed by atoms with Crippen LogP contribution in [-0.2, 0) is 5.41 Å². The Labute approximate surface area is 92.2 Å². The van der Waals surface area contributed by atoms with Crippen molar-refractivity contribution in [1.82, 2.24) is 0 Å². The SMILES string of the molecule is CCC(C)(C)c1cccc(OC)c1OC. The lowest BCUT2D eigenvalue weighted by Crippen LogP contribution is -2.17. The van der Waals surface area contributed by atoms with Crippen molar-refractivity contribution < 1.29 is 9.47 Å². The van der Waals surface area contributed by atoms with Crippen molar-refractivity contribution in [1.29, 1.82) is 0 Å². The van der Waals surface area contributed by atoms with Gasteiger partial charge in [-0.2, -0.15) is 0 Å². The van der Waals surface area contributed by atoms with E-state index in [4.69, 9.17) is 9.47 Å². The van der Waals surface area contributed by atoms with Crippen molar-refractivity contribution in [2.24, 2.45) is 0 Å². The lowest BCUT2D eigenvalue weighted by molar-refractivity contribution is 0.341. The molecule has 0 aliphatic carbocycles. The van der Waals surface area contributed by atoms with Crippen LogP contribution in [0.2, 0.25) is 0 Å². The maximum absolute atomic E-state index is 5.43. The zero-order valence-electron chi connectivity index (χ0n) is 10.3. The average molecular weight is 208 g/mol. The molecule has 0 saturated carbocycles. The fourth-order valence-electron chi connectivity index (χ4n) is 1.61. The van der Waals surface area contributed by atoms with Gasteiger partial charge in [-0.25, -0.2) is 0 Å². The highest BCUT2D eigenvalue weighted by atomic mass is 16.5. The third-order valence-electron chi connectivity index (χ3n) is 3.02. The number of rotatable bonds is 4. The van der Waals surface area contributed by atoms with Gasteiger partial charge in [-0.05, 0) is 17.9 Å². The predicted molar refractivity (Wildman–Crippen MR) is 62.9 cm³/mol. The summed E-state index contributed by atoms with van der Waals surface area (Å²) in [6.07, 6.45) is 1.07. The fourth-order valence-corrected chi connectivity index (χ4v) is 1.61. The molecule has 0 aliphatic rings. The topological polar surface area (TPSA) is 18.5 Å². The Balaban J connectivity index is 3.29. The Bertz CT molecular complexity index is 329. The van der Waals surface area contributed by atoms with Gasteiger partial charge >= 0.3 is 0 Å². The summed E-state index contributed by atoms with van der Waals surface area (Å²) in [4.78, 5) is 0. The summed E-state index contributed by atoms with van der Waals surface area (Å²) < 4.78 is 10.7. The highest BCUT2D eigenvalue weighted by molar-refractivity contribution is 5.49. The fraction of sp³-hybridized carbons (Fsp3) is 0.538. The number of hydrogen-bond acceptors (Lipinski definition) is 2. The molecule has 2 nitrogen and oxygen atoms in total. The largest absolute Gasteiger partial charge is 0.493 e. The Morgan fingerprint density at radius 2 is 1.80 bits per heavy atom. The quantitative estimate of drug-likeness (QED) is 0.755. The van der Waals surface area contributed by atoms with E-state index < -0.39 is 0 Å². The molecule has 1 aromatic rings. The van der Waals surface area contributed by atoms with Gasteiger partial charge in [0.15, 0.2) is 11.5 Å². The van der Waals surface area contributed by atoms with E-state index in [0.717, 1.165) is 17.9 Å². The number of hydrogen-bond donors (Lipinski definition) is 0. The van der Waals surface area contributed by atoms with Gasteiger partial charge in [0.05, 0.1) is 14.2 Å². The van der Waals surface area contributed by atoms with E-state index in [0.29, 0.717) is 0 Å². The first-order valence-corrected chi connectivity index (χ1v) is 5.28. The summed E-state index contributed by atoms with van der Waals surface area (Å²) in [5.41, 5.74) is 1.31. The van der Waals surface area contributed by atoms with Crippen molar-refractivity contribution in [2.75, 3.05) is 14.2 Å². The Hall–Kier alpha value is -1.18. The molecule has 0 aromatic heterocycles. The van der Waals surface area contributed by atoms with Crippen LogP contribution in [0.4, 0.5) is 0 Å². The second-order valence-electron chi connectivity index (χ2n) is 4.28. The molecule has 0 radical (unpaired) electrons. The van der Waals surface area contributed by atoms with Gasteiger partial charge in [-0.1, -0.05) is 32.9 Å². The van der Waals surface area contributed by atoms with Crippen LogP contribution in [0, 0.1) is 0 Å². The van der Waals surface area contributed by atoms with E-state index >= 15 is 0 Å². The van der Waals surface area contributed by atoms with Crippen LogP contribution < -0.4 is 9.47 Å². The zero-order valence-corrected chi connectivity index (χ0v) is 10.3. The van der Waals surface area contributed by atoms with Gasteiger partial charge in [0.2, 0.25) is 0 Å². The second-order valence-corrected chi connectivity index (χ2v) is 4.28. The van der Waals surface area contributed by atoms with E-state index in [1.807, 2.05) is 12.1 Å². The van der Waals surface area contributed by atoms with Crippen LogP contribution in [-0.4, -0.2) is 14.2 Å². The monoisotopic (exact) mass is 208 g/mol. The normalized spacial score (nSPS) is 11.3. The van der Waals surface area contributed by atoms with Crippen LogP contribution in [0.5, 0.6) is 11.5 Å². The van der Waals surface area contributed by atoms with E-state index in [1.54, 1.807) is 14.2 Å². The van der Waals surface area contributed by atoms with Crippen LogP contribution >= 0.6 is 0 Å². The molecule has 2 heteroatoms.